The first-order valence-corrected chi connectivity index (χ1v) is 6.65. The zero-order chi connectivity index (χ0) is 14.4. The van der Waals surface area contributed by atoms with E-state index in [0.29, 0.717) is 40.7 Å². The van der Waals surface area contributed by atoms with Gasteiger partial charge in [0.25, 0.3) is 0 Å². The fraction of sp³-hybridized carbons (Fsp3) is 0.385. The highest BCUT2D eigenvalue weighted by molar-refractivity contribution is 6.34. The van der Waals surface area contributed by atoms with Gasteiger partial charge in [0.05, 0.1) is 23.4 Å². The van der Waals surface area contributed by atoms with Gasteiger partial charge in [-0.25, -0.2) is 0 Å². The van der Waals surface area contributed by atoms with Gasteiger partial charge in [0.15, 0.2) is 5.78 Å². The van der Waals surface area contributed by atoms with Gasteiger partial charge < -0.3 is 10.1 Å². The van der Waals surface area contributed by atoms with Crippen LogP contribution in [0.3, 0.4) is 0 Å². The number of ether oxygens (including phenoxy) is 1. The van der Waals surface area contributed by atoms with Gasteiger partial charge in [0.2, 0.25) is 5.91 Å². The Bertz CT molecular complexity index is 489. The second kappa shape index (κ2) is 7.36. The molecule has 0 aromatic heterocycles. The highest BCUT2D eigenvalue weighted by Crippen LogP contribution is 2.31. The van der Waals surface area contributed by atoms with E-state index < -0.39 is 0 Å². The summed E-state index contributed by atoms with van der Waals surface area (Å²) in [5.74, 6) is 0.470. The predicted octanol–water partition coefficient (Wildman–Crippen LogP) is 3.51. The maximum Gasteiger partial charge on any atom is 0.221 e. The Morgan fingerprint density at radius 1 is 1.37 bits per heavy atom. The minimum Gasteiger partial charge on any atom is -0.496 e. The number of carbonyl (C=O) groups excluding carboxylic acids is 2. The summed E-state index contributed by atoms with van der Waals surface area (Å²) in [6, 6.07) is 3.04. The quantitative estimate of drug-likeness (QED) is 0.646. The van der Waals surface area contributed by atoms with E-state index in [0.717, 1.165) is 0 Å². The van der Waals surface area contributed by atoms with Crippen LogP contribution in [0.25, 0.3) is 0 Å². The molecule has 0 unspecified atom stereocenters. The summed E-state index contributed by atoms with van der Waals surface area (Å²) in [5.41, 5.74) is 0.812. The van der Waals surface area contributed by atoms with Crippen molar-refractivity contribution in [2.45, 2.75) is 19.8 Å². The fourth-order valence-electron chi connectivity index (χ4n) is 1.59. The molecule has 6 heteroatoms. The van der Waals surface area contributed by atoms with Gasteiger partial charge in [0, 0.05) is 25.3 Å². The molecule has 104 valence electrons. The molecule has 1 amide bonds. The molecule has 1 aromatic carbocycles. The Labute approximate surface area is 122 Å². The van der Waals surface area contributed by atoms with Gasteiger partial charge >= 0.3 is 0 Å². The van der Waals surface area contributed by atoms with E-state index in [4.69, 9.17) is 27.9 Å². The minimum atomic E-state index is -0.245. The smallest absolute Gasteiger partial charge is 0.221 e. The van der Waals surface area contributed by atoms with Crippen molar-refractivity contribution < 1.29 is 14.3 Å². The van der Waals surface area contributed by atoms with E-state index in [2.05, 4.69) is 5.32 Å². The van der Waals surface area contributed by atoms with Crippen LogP contribution in [0.1, 0.15) is 30.1 Å². The van der Waals surface area contributed by atoms with E-state index >= 15 is 0 Å². The van der Waals surface area contributed by atoms with Gasteiger partial charge in [-0.3, -0.25) is 9.59 Å². The van der Waals surface area contributed by atoms with Crippen LogP contribution >= 0.6 is 23.2 Å². The number of hydrogen-bond donors (Lipinski definition) is 1. The lowest BCUT2D eigenvalue weighted by Crippen LogP contribution is -2.08. The summed E-state index contributed by atoms with van der Waals surface area (Å²) in [6.07, 6.45) is 0.921. The molecule has 0 aliphatic carbocycles. The molecule has 0 saturated heterocycles. The van der Waals surface area contributed by atoms with Crippen molar-refractivity contribution in [2.75, 3.05) is 18.3 Å². The maximum absolute atomic E-state index is 12.0. The zero-order valence-electron chi connectivity index (χ0n) is 10.8. The number of benzene rings is 1. The monoisotopic (exact) mass is 303 g/mol. The largest absolute Gasteiger partial charge is 0.496 e. The molecule has 4 nitrogen and oxygen atoms in total. The van der Waals surface area contributed by atoms with Crippen molar-refractivity contribution in [2.24, 2.45) is 0 Å². The first-order valence-electron chi connectivity index (χ1n) is 5.74. The minimum absolute atomic E-state index is 0.0891. The number of amides is 1. The Morgan fingerprint density at radius 3 is 2.58 bits per heavy atom. The number of rotatable bonds is 6. The zero-order valence-corrected chi connectivity index (χ0v) is 12.3. The van der Waals surface area contributed by atoms with Crippen molar-refractivity contribution in [3.8, 4) is 5.75 Å². The van der Waals surface area contributed by atoms with E-state index in [-0.39, 0.29) is 11.7 Å². The van der Waals surface area contributed by atoms with Crippen molar-refractivity contribution in [1.82, 2.24) is 0 Å². The topological polar surface area (TPSA) is 55.4 Å². The number of methoxy groups -OCH3 is 1. The lowest BCUT2D eigenvalue weighted by molar-refractivity contribution is -0.114. The summed E-state index contributed by atoms with van der Waals surface area (Å²) < 4.78 is 5.16. The molecule has 1 rings (SSSR count). The number of anilines is 1. The number of hydrogen-bond acceptors (Lipinski definition) is 3. The Hall–Kier alpha value is -1.26. The van der Waals surface area contributed by atoms with Crippen LogP contribution in [0.2, 0.25) is 5.02 Å². The number of ketones is 1. The number of carbonyl (C=O) groups is 2. The number of halogens is 2. The molecule has 0 bridgehead atoms. The first kappa shape index (κ1) is 15.8. The normalized spacial score (nSPS) is 10.1. The van der Waals surface area contributed by atoms with Gasteiger partial charge in [-0.1, -0.05) is 11.6 Å². The van der Waals surface area contributed by atoms with Crippen molar-refractivity contribution in [3.05, 3.63) is 22.7 Å². The van der Waals surface area contributed by atoms with Crippen LogP contribution in [0.4, 0.5) is 5.69 Å². The van der Waals surface area contributed by atoms with Crippen molar-refractivity contribution in [3.63, 3.8) is 0 Å². The third kappa shape index (κ3) is 4.40. The van der Waals surface area contributed by atoms with E-state index in [1.54, 1.807) is 0 Å². The molecular formula is C13H15Cl2NO3. The van der Waals surface area contributed by atoms with Gasteiger partial charge in [0.1, 0.15) is 5.75 Å². The molecular weight excluding hydrogens is 289 g/mol. The van der Waals surface area contributed by atoms with E-state index in [9.17, 15) is 9.59 Å². The Kier molecular flexibility index (Phi) is 6.12. The van der Waals surface area contributed by atoms with Crippen molar-refractivity contribution in [1.29, 1.82) is 0 Å². The van der Waals surface area contributed by atoms with Gasteiger partial charge in [-0.05, 0) is 12.5 Å². The molecule has 0 heterocycles. The highest BCUT2D eigenvalue weighted by Gasteiger charge is 2.16. The molecule has 0 fully saturated rings. The predicted molar refractivity (Wildman–Crippen MR) is 76.6 cm³/mol. The van der Waals surface area contributed by atoms with Crippen LogP contribution in [-0.2, 0) is 4.79 Å². The summed E-state index contributed by atoms with van der Waals surface area (Å²) in [6.45, 7) is 1.38. The number of Topliss-reactive ketones (excluding diaryl/α,β-unsaturated/α-hetero) is 1. The molecule has 0 aliphatic rings. The molecule has 0 radical (unpaired) electrons. The molecule has 1 N–H and O–H groups in total. The lowest BCUT2D eigenvalue weighted by Gasteiger charge is -2.12. The average Bonchev–Trinajstić information content (AvgIpc) is 2.37. The molecule has 0 aliphatic heterocycles. The molecule has 19 heavy (non-hydrogen) atoms. The highest BCUT2D eigenvalue weighted by atomic mass is 35.5. The van der Waals surface area contributed by atoms with Crippen LogP contribution in [0.15, 0.2) is 12.1 Å². The summed E-state index contributed by atoms with van der Waals surface area (Å²) in [7, 11) is 1.46. The maximum atomic E-state index is 12.0. The molecule has 0 spiro atoms. The first-order chi connectivity index (χ1) is 8.99. The van der Waals surface area contributed by atoms with Crippen LogP contribution in [0.5, 0.6) is 5.75 Å². The van der Waals surface area contributed by atoms with Gasteiger partial charge in [-0.15, -0.1) is 11.6 Å². The average molecular weight is 304 g/mol. The number of nitrogens with one attached hydrogen (secondary N) is 1. The van der Waals surface area contributed by atoms with Crippen LogP contribution in [0, 0.1) is 0 Å². The third-order valence-corrected chi connectivity index (χ3v) is 3.02. The van der Waals surface area contributed by atoms with E-state index in [1.807, 2.05) is 0 Å². The third-order valence-electron chi connectivity index (χ3n) is 2.44. The summed E-state index contributed by atoms with van der Waals surface area (Å²) >= 11 is 11.6. The van der Waals surface area contributed by atoms with Crippen LogP contribution in [-0.4, -0.2) is 24.7 Å². The number of alkyl halides is 1. The Morgan fingerprint density at radius 2 is 2.05 bits per heavy atom. The second-order valence-electron chi connectivity index (χ2n) is 3.93. The SMILES string of the molecule is COc1cc(NC(C)=O)c(Cl)cc1C(=O)CCCCl. The second-order valence-corrected chi connectivity index (χ2v) is 4.71. The summed E-state index contributed by atoms with van der Waals surface area (Å²) in [5, 5.41) is 2.87. The molecule has 0 saturated carbocycles. The van der Waals surface area contributed by atoms with Gasteiger partial charge in [-0.2, -0.15) is 0 Å². The Balaban J connectivity index is 3.09. The molecule has 1 aromatic rings. The van der Waals surface area contributed by atoms with E-state index in [1.165, 1.54) is 26.2 Å². The summed E-state index contributed by atoms with van der Waals surface area (Å²) in [4.78, 5) is 23.0. The van der Waals surface area contributed by atoms with Crippen LogP contribution < -0.4 is 10.1 Å². The van der Waals surface area contributed by atoms with Crippen molar-refractivity contribution >= 4 is 40.6 Å². The molecule has 0 atom stereocenters. The standard InChI is InChI=1S/C13H15Cl2NO3/c1-8(17)16-11-7-13(19-2)9(6-10(11)15)12(18)4-3-5-14/h6-7H,3-5H2,1-2H3,(H,16,17). The lowest BCUT2D eigenvalue weighted by atomic mass is 10.1. The fourth-order valence-corrected chi connectivity index (χ4v) is 1.93.